The Kier molecular flexibility index (Phi) is 1.23. The van der Waals surface area contributed by atoms with E-state index in [0.717, 1.165) is 0 Å². The van der Waals surface area contributed by atoms with Crippen molar-refractivity contribution in [3.63, 3.8) is 0 Å². The lowest BCUT2D eigenvalue weighted by atomic mass is 9.85. The predicted molar refractivity (Wildman–Crippen MR) is 19.1 cm³/mol. The molecular formula is C4HF6. The van der Waals surface area contributed by atoms with Crippen LogP contribution in [0, 0.1) is 6.17 Å². The normalized spacial score (nSPS) is 37.2. The molecule has 1 aliphatic carbocycles. The van der Waals surface area contributed by atoms with E-state index in [9.17, 15) is 26.3 Å². The highest BCUT2D eigenvalue weighted by molar-refractivity contribution is 5.24. The van der Waals surface area contributed by atoms with Crippen LogP contribution < -0.4 is 0 Å². The maximum Gasteiger partial charge on any atom is 0.353 e. The zero-order chi connectivity index (χ0) is 8.15. The van der Waals surface area contributed by atoms with E-state index in [1.807, 2.05) is 0 Å². The quantitative estimate of drug-likeness (QED) is 0.479. The van der Waals surface area contributed by atoms with Crippen LogP contribution in [0.15, 0.2) is 0 Å². The molecule has 0 aromatic carbocycles. The summed E-state index contributed by atoms with van der Waals surface area (Å²) in [6.07, 6.45) is -6.03. The second kappa shape index (κ2) is 1.60. The van der Waals surface area contributed by atoms with Gasteiger partial charge in [0.05, 0.1) is 0 Å². The molecule has 0 aliphatic heterocycles. The van der Waals surface area contributed by atoms with Gasteiger partial charge < -0.3 is 0 Å². The first kappa shape index (κ1) is 7.68. The first-order valence-electron chi connectivity index (χ1n) is 2.24. The van der Waals surface area contributed by atoms with E-state index in [1.54, 1.807) is 0 Å². The molecule has 1 radical (unpaired) electrons. The fraction of sp³-hybridized carbons (Fsp3) is 0.750. The van der Waals surface area contributed by atoms with Gasteiger partial charge in [0.1, 0.15) is 0 Å². The fourth-order valence-corrected chi connectivity index (χ4v) is 0.559. The van der Waals surface area contributed by atoms with Gasteiger partial charge in [0.15, 0.2) is 0 Å². The molecule has 0 aromatic heterocycles. The van der Waals surface area contributed by atoms with E-state index in [4.69, 9.17) is 0 Å². The first-order valence-corrected chi connectivity index (χ1v) is 2.24. The first-order chi connectivity index (χ1) is 4.32. The molecule has 0 bridgehead atoms. The molecule has 0 saturated heterocycles. The van der Waals surface area contributed by atoms with Crippen LogP contribution in [0.25, 0.3) is 0 Å². The predicted octanol–water partition coefficient (Wildman–Crippen LogP) is 2.11. The van der Waals surface area contributed by atoms with E-state index in [2.05, 4.69) is 0 Å². The summed E-state index contributed by atoms with van der Waals surface area (Å²) in [5.41, 5.74) is 0. The summed E-state index contributed by atoms with van der Waals surface area (Å²) in [5.74, 6) is -9.77. The summed E-state index contributed by atoms with van der Waals surface area (Å²) in [6, 6.07) is 0. The Morgan fingerprint density at radius 3 is 1.60 bits per heavy atom. The SMILES string of the molecule is F[C]1C(F)C(F)(F)C1(F)F. The Bertz CT molecular complexity index is 134. The van der Waals surface area contributed by atoms with Crippen LogP contribution in [0.2, 0.25) is 0 Å². The molecule has 0 spiro atoms. The van der Waals surface area contributed by atoms with Gasteiger partial charge in [0.25, 0.3) is 6.17 Å². The van der Waals surface area contributed by atoms with Gasteiger partial charge >= 0.3 is 11.8 Å². The lowest BCUT2D eigenvalue weighted by Crippen LogP contribution is -2.65. The van der Waals surface area contributed by atoms with Gasteiger partial charge in [-0.15, -0.1) is 0 Å². The zero-order valence-electron chi connectivity index (χ0n) is 4.35. The van der Waals surface area contributed by atoms with Crippen LogP contribution in [0.3, 0.4) is 0 Å². The van der Waals surface area contributed by atoms with E-state index in [0.29, 0.717) is 0 Å². The molecule has 1 atom stereocenters. The van der Waals surface area contributed by atoms with Crippen molar-refractivity contribution in [1.82, 2.24) is 0 Å². The van der Waals surface area contributed by atoms with Crippen molar-refractivity contribution in [3.8, 4) is 0 Å². The minimum atomic E-state index is -4.91. The highest BCUT2D eigenvalue weighted by Gasteiger charge is 2.82. The monoisotopic (exact) mass is 163 g/mol. The highest BCUT2D eigenvalue weighted by atomic mass is 19.3. The van der Waals surface area contributed by atoms with Gasteiger partial charge in [-0.3, -0.25) is 0 Å². The molecule has 0 heterocycles. The number of alkyl halides is 5. The Balaban J connectivity index is 2.82. The molecule has 6 heteroatoms. The Morgan fingerprint density at radius 2 is 1.50 bits per heavy atom. The van der Waals surface area contributed by atoms with E-state index in [1.165, 1.54) is 0 Å². The lowest BCUT2D eigenvalue weighted by Gasteiger charge is -2.40. The maximum atomic E-state index is 11.6. The molecule has 0 amide bonds. The molecule has 0 aromatic rings. The van der Waals surface area contributed by atoms with Crippen molar-refractivity contribution < 1.29 is 26.3 Å². The maximum absolute atomic E-state index is 11.6. The number of halogens is 6. The zero-order valence-corrected chi connectivity index (χ0v) is 4.35. The molecule has 10 heavy (non-hydrogen) atoms. The standard InChI is InChI=1S/C4HF6/c5-1-2(6)4(9,10)3(1,7)8/h1H. The second-order valence-electron chi connectivity index (χ2n) is 1.91. The summed E-state index contributed by atoms with van der Waals surface area (Å²) in [4.78, 5) is 0. The third kappa shape index (κ3) is 0.543. The van der Waals surface area contributed by atoms with Gasteiger partial charge in [-0.05, 0) is 0 Å². The minimum Gasteiger partial charge on any atom is -0.237 e. The van der Waals surface area contributed by atoms with Gasteiger partial charge in [0, 0.05) is 0 Å². The van der Waals surface area contributed by atoms with Crippen molar-refractivity contribution >= 4 is 0 Å². The Hall–Kier alpha value is -0.420. The molecular weight excluding hydrogens is 162 g/mol. The molecule has 59 valence electrons. The molecule has 1 unspecified atom stereocenters. The van der Waals surface area contributed by atoms with Gasteiger partial charge in [0.2, 0.25) is 6.17 Å². The van der Waals surface area contributed by atoms with Crippen LogP contribution in [-0.4, -0.2) is 18.0 Å². The van der Waals surface area contributed by atoms with Crippen LogP contribution in [-0.2, 0) is 0 Å². The second-order valence-corrected chi connectivity index (χ2v) is 1.91. The third-order valence-corrected chi connectivity index (χ3v) is 1.26. The van der Waals surface area contributed by atoms with Crippen molar-refractivity contribution in [2.75, 3.05) is 0 Å². The molecule has 1 rings (SSSR count). The number of rotatable bonds is 0. The third-order valence-electron chi connectivity index (χ3n) is 1.26. The lowest BCUT2D eigenvalue weighted by molar-refractivity contribution is -0.311. The molecule has 0 nitrogen and oxygen atoms in total. The van der Waals surface area contributed by atoms with Gasteiger partial charge in [-0.2, -0.15) is 17.6 Å². The summed E-state index contributed by atoms with van der Waals surface area (Å²) < 4.78 is 69.3. The van der Waals surface area contributed by atoms with E-state index >= 15 is 0 Å². The van der Waals surface area contributed by atoms with Crippen molar-refractivity contribution in [3.05, 3.63) is 6.17 Å². The molecule has 1 fully saturated rings. The van der Waals surface area contributed by atoms with Crippen LogP contribution in [0.1, 0.15) is 0 Å². The molecule has 1 saturated carbocycles. The summed E-state index contributed by atoms with van der Waals surface area (Å²) in [7, 11) is 0. The van der Waals surface area contributed by atoms with Crippen LogP contribution in [0.4, 0.5) is 26.3 Å². The molecule has 0 N–H and O–H groups in total. The fourth-order valence-electron chi connectivity index (χ4n) is 0.559. The smallest absolute Gasteiger partial charge is 0.237 e. The Labute approximate surface area is 51.8 Å². The average Bonchev–Trinajstić information content (AvgIpc) is 1.84. The topological polar surface area (TPSA) is 0 Å². The van der Waals surface area contributed by atoms with Crippen LogP contribution >= 0.6 is 0 Å². The Morgan fingerprint density at radius 1 is 1.10 bits per heavy atom. The van der Waals surface area contributed by atoms with Gasteiger partial charge in [-0.25, -0.2) is 8.78 Å². The highest BCUT2D eigenvalue weighted by Crippen LogP contribution is 2.58. The van der Waals surface area contributed by atoms with E-state index < -0.39 is 24.2 Å². The summed E-state index contributed by atoms with van der Waals surface area (Å²) in [6.45, 7) is 0. The minimum absolute atomic E-state index is 2.59. The average molecular weight is 163 g/mol. The van der Waals surface area contributed by atoms with Crippen molar-refractivity contribution in [2.24, 2.45) is 0 Å². The summed E-state index contributed by atoms with van der Waals surface area (Å²) in [5, 5.41) is 0. The number of hydrogen-bond acceptors (Lipinski definition) is 0. The van der Waals surface area contributed by atoms with E-state index in [-0.39, 0.29) is 0 Å². The van der Waals surface area contributed by atoms with Crippen molar-refractivity contribution in [2.45, 2.75) is 18.0 Å². The van der Waals surface area contributed by atoms with Crippen molar-refractivity contribution in [1.29, 1.82) is 0 Å². The van der Waals surface area contributed by atoms with Crippen LogP contribution in [0.5, 0.6) is 0 Å². The summed E-state index contributed by atoms with van der Waals surface area (Å²) >= 11 is 0. The number of hydrogen-bond donors (Lipinski definition) is 0. The largest absolute Gasteiger partial charge is 0.353 e. The van der Waals surface area contributed by atoms with Gasteiger partial charge in [-0.1, -0.05) is 0 Å². The molecule has 1 aliphatic rings.